The molecule has 0 spiro atoms. The van der Waals surface area contributed by atoms with Crippen LogP contribution in [0.25, 0.3) is 0 Å². The fourth-order valence-corrected chi connectivity index (χ4v) is 6.14. The van der Waals surface area contributed by atoms with Crippen LogP contribution in [0.4, 0.5) is 0 Å². The summed E-state index contributed by atoms with van der Waals surface area (Å²) in [6.45, 7) is 2.34. The third-order valence-electron chi connectivity index (χ3n) is 6.62. The molecule has 8 heteroatoms. The van der Waals surface area contributed by atoms with Crippen LogP contribution in [-0.2, 0) is 23.1 Å². The van der Waals surface area contributed by atoms with Crippen LogP contribution in [0, 0.1) is 11.8 Å². The lowest BCUT2D eigenvalue weighted by atomic mass is 10.1. The molecule has 1 aliphatic carbocycles. The van der Waals surface area contributed by atoms with Crippen molar-refractivity contribution in [2.45, 2.75) is 24.0 Å². The number of nitrogens with one attached hydrogen (secondary N) is 2. The Bertz CT molecular complexity index is 1250. The number of carbonyl (C=O) groups is 1. The molecule has 1 heterocycles. The van der Waals surface area contributed by atoms with Crippen molar-refractivity contribution in [2.24, 2.45) is 11.8 Å². The molecule has 1 aliphatic heterocycles. The van der Waals surface area contributed by atoms with Crippen molar-refractivity contribution in [1.29, 1.82) is 0 Å². The summed E-state index contributed by atoms with van der Waals surface area (Å²) in [7, 11) is -3.77. The van der Waals surface area contributed by atoms with Crippen LogP contribution >= 0.6 is 11.6 Å². The number of hydrogen-bond donors (Lipinski definition) is 2. The molecule has 0 aromatic heterocycles. The van der Waals surface area contributed by atoms with Crippen LogP contribution < -0.4 is 10.6 Å². The minimum atomic E-state index is -3.77. The van der Waals surface area contributed by atoms with E-state index in [4.69, 9.17) is 11.6 Å². The van der Waals surface area contributed by atoms with Gasteiger partial charge in [0.15, 0.2) is 0 Å². The van der Waals surface area contributed by atoms with Crippen LogP contribution in [0.1, 0.15) is 21.5 Å². The summed E-state index contributed by atoms with van der Waals surface area (Å²) in [6.07, 6.45) is 0. The molecule has 0 unspecified atom stereocenters. The third-order valence-corrected chi connectivity index (χ3v) is 8.68. The molecule has 0 bridgehead atoms. The van der Waals surface area contributed by atoms with E-state index in [2.05, 4.69) is 10.6 Å². The van der Waals surface area contributed by atoms with Crippen molar-refractivity contribution in [1.82, 2.24) is 14.9 Å². The third kappa shape index (κ3) is 4.88. The molecule has 2 aliphatic rings. The SMILES string of the molecule is O=C(N[C@H]1[C@@H]2CNC[C@@H]21)c1ccc(CN(Cc2ccccc2)S(=O)(=O)c2ccc(Cl)cc2)cc1. The average Bonchev–Trinajstić information content (AvgIpc) is 3.25. The van der Waals surface area contributed by atoms with Gasteiger partial charge in [0.25, 0.3) is 5.91 Å². The molecular formula is C26H26ClN3O3S. The maximum absolute atomic E-state index is 13.5. The van der Waals surface area contributed by atoms with E-state index in [0.717, 1.165) is 24.2 Å². The maximum Gasteiger partial charge on any atom is 0.251 e. The number of hydrogen-bond acceptors (Lipinski definition) is 4. The zero-order valence-electron chi connectivity index (χ0n) is 18.5. The highest BCUT2D eigenvalue weighted by Crippen LogP contribution is 2.41. The summed E-state index contributed by atoms with van der Waals surface area (Å²) >= 11 is 5.96. The molecule has 1 saturated carbocycles. The molecule has 0 radical (unpaired) electrons. The normalized spacial score (nSPS) is 21.3. The summed E-state index contributed by atoms with van der Waals surface area (Å²) in [5.41, 5.74) is 2.27. The first-order chi connectivity index (χ1) is 16.4. The van der Waals surface area contributed by atoms with Gasteiger partial charge in [0.1, 0.15) is 0 Å². The maximum atomic E-state index is 13.5. The van der Waals surface area contributed by atoms with Gasteiger partial charge in [0, 0.05) is 42.8 Å². The fraction of sp³-hybridized carbons (Fsp3) is 0.269. The highest BCUT2D eigenvalue weighted by atomic mass is 35.5. The molecule has 1 amide bonds. The van der Waals surface area contributed by atoms with Gasteiger partial charge in [-0.3, -0.25) is 4.79 Å². The second-order valence-corrected chi connectivity index (χ2v) is 11.3. The Morgan fingerprint density at radius 1 is 0.882 bits per heavy atom. The van der Waals surface area contributed by atoms with Crippen molar-refractivity contribution in [2.75, 3.05) is 13.1 Å². The first kappa shape index (κ1) is 23.1. The Hall–Kier alpha value is -2.71. The van der Waals surface area contributed by atoms with Gasteiger partial charge in [-0.2, -0.15) is 4.31 Å². The predicted octanol–water partition coefficient (Wildman–Crippen LogP) is 3.68. The Morgan fingerprint density at radius 2 is 1.47 bits per heavy atom. The Morgan fingerprint density at radius 3 is 2.09 bits per heavy atom. The molecule has 3 atom stereocenters. The smallest absolute Gasteiger partial charge is 0.251 e. The van der Waals surface area contributed by atoms with E-state index in [1.165, 1.54) is 16.4 Å². The summed E-state index contributed by atoms with van der Waals surface area (Å²) in [5.74, 6) is 1.02. The number of carbonyl (C=O) groups excluding carboxylic acids is 1. The van der Waals surface area contributed by atoms with E-state index in [1.54, 1.807) is 24.3 Å². The van der Waals surface area contributed by atoms with Crippen molar-refractivity contribution >= 4 is 27.5 Å². The summed E-state index contributed by atoms with van der Waals surface area (Å²) < 4.78 is 28.4. The van der Waals surface area contributed by atoms with E-state index in [0.29, 0.717) is 22.4 Å². The van der Waals surface area contributed by atoms with Crippen LogP contribution in [-0.4, -0.2) is 37.8 Å². The fourth-order valence-electron chi connectivity index (χ4n) is 4.60. The largest absolute Gasteiger partial charge is 0.349 e. The van der Waals surface area contributed by atoms with Crippen molar-refractivity contribution in [3.05, 3.63) is 101 Å². The monoisotopic (exact) mass is 495 g/mol. The Labute approximate surface area is 205 Å². The number of piperidine rings is 1. The summed E-state index contributed by atoms with van der Waals surface area (Å²) in [6, 6.07) is 23.1. The van der Waals surface area contributed by atoms with E-state index in [1.807, 2.05) is 42.5 Å². The first-order valence-electron chi connectivity index (χ1n) is 11.3. The molecule has 176 valence electrons. The summed E-state index contributed by atoms with van der Waals surface area (Å²) in [4.78, 5) is 12.8. The lowest BCUT2D eigenvalue weighted by molar-refractivity contribution is 0.0946. The molecule has 3 aromatic rings. The molecule has 2 fully saturated rings. The highest BCUT2D eigenvalue weighted by molar-refractivity contribution is 7.89. The quantitative estimate of drug-likeness (QED) is 0.499. The number of sulfonamides is 1. The Kier molecular flexibility index (Phi) is 6.44. The lowest BCUT2D eigenvalue weighted by Crippen LogP contribution is -2.32. The topological polar surface area (TPSA) is 78.5 Å². The number of rotatable bonds is 8. The number of nitrogens with zero attached hydrogens (tertiary/aromatic N) is 1. The number of fused-ring (bicyclic) bond motifs is 1. The van der Waals surface area contributed by atoms with E-state index in [9.17, 15) is 13.2 Å². The van der Waals surface area contributed by atoms with Gasteiger partial charge >= 0.3 is 0 Å². The number of amides is 1. The van der Waals surface area contributed by atoms with Gasteiger partial charge in [0.2, 0.25) is 10.0 Å². The molecule has 34 heavy (non-hydrogen) atoms. The Balaban J connectivity index is 1.33. The number of halogens is 1. The lowest BCUT2D eigenvalue weighted by Gasteiger charge is -2.23. The highest BCUT2D eigenvalue weighted by Gasteiger charge is 2.53. The standard InChI is InChI=1S/C26H26ClN3O3S/c27-21-10-12-22(13-11-21)34(32,33)30(16-18-4-2-1-3-5-18)17-19-6-8-20(9-7-19)26(31)29-25-23-14-28-15-24(23)25/h1-13,23-25,28H,14-17H2,(H,29,31)/t23-,24+,25+. The second kappa shape index (κ2) is 9.50. The van der Waals surface area contributed by atoms with E-state index >= 15 is 0 Å². The van der Waals surface area contributed by atoms with E-state index in [-0.39, 0.29) is 29.9 Å². The molecule has 3 aromatic carbocycles. The zero-order valence-corrected chi connectivity index (χ0v) is 20.1. The average molecular weight is 496 g/mol. The van der Waals surface area contributed by atoms with Gasteiger partial charge in [-0.1, -0.05) is 54.1 Å². The second-order valence-electron chi connectivity index (χ2n) is 8.89. The molecule has 2 N–H and O–H groups in total. The molecule has 1 saturated heterocycles. The summed E-state index contributed by atoms with van der Waals surface area (Å²) in [5, 5.41) is 6.92. The van der Waals surface area contributed by atoms with Crippen molar-refractivity contribution in [3.8, 4) is 0 Å². The predicted molar refractivity (Wildman–Crippen MR) is 132 cm³/mol. The van der Waals surface area contributed by atoms with Crippen LogP contribution in [0.15, 0.2) is 83.8 Å². The number of benzene rings is 3. The van der Waals surface area contributed by atoms with Gasteiger partial charge in [-0.25, -0.2) is 8.42 Å². The van der Waals surface area contributed by atoms with Crippen molar-refractivity contribution < 1.29 is 13.2 Å². The molecular weight excluding hydrogens is 470 g/mol. The molecule has 6 nitrogen and oxygen atoms in total. The van der Waals surface area contributed by atoms with Gasteiger partial charge in [-0.15, -0.1) is 0 Å². The van der Waals surface area contributed by atoms with Crippen LogP contribution in [0.5, 0.6) is 0 Å². The van der Waals surface area contributed by atoms with E-state index < -0.39 is 10.0 Å². The minimum Gasteiger partial charge on any atom is -0.349 e. The zero-order chi connectivity index (χ0) is 23.7. The van der Waals surface area contributed by atoms with Gasteiger partial charge in [-0.05, 0) is 59.4 Å². The van der Waals surface area contributed by atoms with Crippen LogP contribution in [0.2, 0.25) is 5.02 Å². The first-order valence-corrected chi connectivity index (χ1v) is 13.1. The minimum absolute atomic E-state index is 0.0825. The molecule has 5 rings (SSSR count). The van der Waals surface area contributed by atoms with Crippen molar-refractivity contribution in [3.63, 3.8) is 0 Å². The van der Waals surface area contributed by atoms with Gasteiger partial charge in [0.05, 0.1) is 4.90 Å². The van der Waals surface area contributed by atoms with Gasteiger partial charge < -0.3 is 10.6 Å². The van der Waals surface area contributed by atoms with Crippen LogP contribution in [0.3, 0.4) is 0 Å².